The minimum atomic E-state index is -0.267. The van der Waals surface area contributed by atoms with Gasteiger partial charge in [0.1, 0.15) is 5.75 Å². The van der Waals surface area contributed by atoms with Crippen LogP contribution in [-0.2, 0) is 4.74 Å². The highest BCUT2D eigenvalue weighted by atomic mass is 32.1. The van der Waals surface area contributed by atoms with Gasteiger partial charge in [-0.3, -0.25) is 14.9 Å². The van der Waals surface area contributed by atoms with Crippen molar-refractivity contribution < 1.29 is 19.1 Å². The Labute approximate surface area is 165 Å². The summed E-state index contributed by atoms with van der Waals surface area (Å²) in [5.74, 6) is 0.432. The third kappa shape index (κ3) is 3.83. The zero-order valence-corrected chi connectivity index (χ0v) is 16.1. The largest absolute Gasteiger partial charge is 0.497 e. The molecule has 28 heavy (non-hydrogen) atoms. The third-order valence-electron chi connectivity index (χ3n) is 4.51. The van der Waals surface area contributed by atoms with Crippen molar-refractivity contribution in [3.63, 3.8) is 0 Å². The number of carbonyl (C=O) groups is 2. The molecule has 4 rings (SSSR count). The molecule has 2 amide bonds. The van der Waals surface area contributed by atoms with Gasteiger partial charge in [-0.2, -0.15) is 0 Å². The predicted molar refractivity (Wildman–Crippen MR) is 107 cm³/mol. The zero-order chi connectivity index (χ0) is 19.5. The van der Waals surface area contributed by atoms with Gasteiger partial charge < -0.3 is 14.4 Å². The van der Waals surface area contributed by atoms with Crippen molar-refractivity contribution in [1.29, 1.82) is 0 Å². The first kappa shape index (κ1) is 18.4. The van der Waals surface area contributed by atoms with Gasteiger partial charge in [0.25, 0.3) is 11.8 Å². The summed E-state index contributed by atoms with van der Waals surface area (Å²) in [6, 6.07) is 12.2. The van der Waals surface area contributed by atoms with E-state index in [4.69, 9.17) is 9.47 Å². The van der Waals surface area contributed by atoms with E-state index >= 15 is 0 Å². The summed E-state index contributed by atoms with van der Waals surface area (Å²) in [6.45, 7) is 2.29. The lowest BCUT2D eigenvalue weighted by atomic mass is 10.1. The van der Waals surface area contributed by atoms with Crippen LogP contribution in [0.15, 0.2) is 42.5 Å². The van der Waals surface area contributed by atoms with E-state index < -0.39 is 0 Å². The molecule has 1 aliphatic heterocycles. The quantitative estimate of drug-likeness (QED) is 0.732. The molecule has 1 aliphatic rings. The summed E-state index contributed by atoms with van der Waals surface area (Å²) in [7, 11) is 1.61. The number of benzene rings is 2. The van der Waals surface area contributed by atoms with Crippen LogP contribution in [0.2, 0.25) is 0 Å². The van der Waals surface area contributed by atoms with Gasteiger partial charge in [-0.1, -0.05) is 11.3 Å². The van der Waals surface area contributed by atoms with Crippen LogP contribution in [0, 0.1) is 0 Å². The van der Waals surface area contributed by atoms with E-state index in [0.29, 0.717) is 42.6 Å². The minimum absolute atomic E-state index is 0.0459. The van der Waals surface area contributed by atoms with E-state index in [9.17, 15) is 9.59 Å². The van der Waals surface area contributed by atoms with Crippen LogP contribution in [0.5, 0.6) is 5.75 Å². The fourth-order valence-corrected chi connectivity index (χ4v) is 3.86. The van der Waals surface area contributed by atoms with Crippen molar-refractivity contribution in [2.75, 3.05) is 38.7 Å². The lowest BCUT2D eigenvalue weighted by molar-refractivity contribution is 0.0303. The minimum Gasteiger partial charge on any atom is -0.497 e. The SMILES string of the molecule is COc1ccc2nc(NC(=O)c3ccc(C(=O)N4CCOCC4)cc3)sc2c1. The Hall–Kier alpha value is -2.97. The number of anilines is 1. The first-order valence-corrected chi connectivity index (χ1v) is 9.69. The Balaban J connectivity index is 1.45. The summed E-state index contributed by atoms with van der Waals surface area (Å²) in [4.78, 5) is 31.2. The van der Waals surface area contributed by atoms with E-state index in [1.54, 1.807) is 36.3 Å². The van der Waals surface area contributed by atoms with Crippen LogP contribution in [-0.4, -0.2) is 55.1 Å². The Morgan fingerprint density at radius 3 is 2.54 bits per heavy atom. The van der Waals surface area contributed by atoms with E-state index in [1.165, 1.54) is 11.3 Å². The van der Waals surface area contributed by atoms with Crippen molar-refractivity contribution in [2.24, 2.45) is 0 Å². The maximum absolute atomic E-state index is 12.5. The smallest absolute Gasteiger partial charge is 0.257 e. The van der Waals surface area contributed by atoms with E-state index in [0.717, 1.165) is 16.0 Å². The van der Waals surface area contributed by atoms with Gasteiger partial charge in [0.15, 0.2) is 5.13 Å². The molecule has 2 aromatic carbocycles. The molecule has 0 aliphatic carbocycles. The Bertz CT molecular complexity index is 1010. The number of amides is 2. The van der Waals surface area contributed by atoms with E-state index in [-0.39, 0.29) is 11.8 Å². The predicted octanol–water partition coefficient (Wildman–Crippen LogP) is 3.03. The maximum atomic E-state index is 12.5. The highest BCUT2D eigenvalue weighted by Crippen LogP contribution is 2.29. The highest BCUT2D eigenvalue weighted by molar-refractivity contribution is 7.22. The maximum Gasteiger partial charge on any atom is 0.257 e. The second kappa shape index (κ2) is 7.95. The molecule has 1 aromatic heterocycles. The number of morpholine rings is 1. The van der Waals surface area contributed by atoms with Gasteiger partial charge in [-0.25, -0.2) is 4.98 Å². The summed E-state index contributed by atoms with van der Waals surface area (Å²) in [5.41, 5.74) is 1.83. The van der Waals surface area contributed by atoms with Gasteiger partial charge in [0, 0.05) is 24.2 Å². The van der Waals surface area contributed by atoms with Gasteiger partial charge in [-0.05, 0) is 42.5 Å². The summed E-state index contributed by atoms with van der Waals surface area (Å²) >= 11 is 1.38. The molecule has 0 saturated carbocycles. The van der Waals surface area contributed by atoms with Crippen molar-refractivity contribution in [1.82, 2.24) is 9.88 Å². The second-order valence-corrected chi connectivity index (χ2v) is 7.32. The molecule has 1 N–H and O–H groups in total. The third-order valence-corrected chi connectivity index (χ3v) is 5.44. The lowest BCUT2D eigenvalue weighted by Crippen LogP contribution is -2.40. The number of methoxy groups -OCH3 is 1. The number of thiazole rings is 1. The molecule has 7 nitrogen and oxygen atoms in total. The number of hydrogen-bond donors (Lipinski definition) is 1. The summed E-state index contributed by atoms with van der Waals surface area (Å²) in [6.07, 6.45) is 0. The molecule has 0 spiro atoms. The number of aromatic nitrogens is 1. The first-order valence-electron chi connectivity index (χ1n) is 8.87. The summed E-state index contributed by atoms with van der Waals surface area (Å²) < 4.78 is 11.4. The first-order chi connectivity index (χ1) is 13.6. The molecule has 0 radical (unpaired) electrons. The highest BCUT2D eigenvalue weighted by Gasteiger charge is 2.19. The van der Waals surface area contributed by atoms with Crippen LogP contribution >= 0.6 is 11.3 Å². The van der Waals surface area contributed by atoms with Crippen LogP contribution in [0.1, 0.15) is 20.7 Å². The number of fused-ring (bicyclic) bond motifs is 1. The fraction of sp³-hybridized carbons (Fsp3) is 0.250. The molecule has 144 valence electrons. The van der Waals surface area contributed by atoms with Crippen LogP contribution in [0.4, 0.5) is 5.13 Å². The van der Waals surface area contributed by atoms with Gasteiger partial charge >= 0.3 is 0 Å². The topological polar surface area (TPSA) is 80.8 Å². The standard InChI is InChI=1S/C20H19N3O4S/c1-26-15-6-7-16-17(12-15)28-20(21-16)22-18(24)13-2-4-14(5-3-13)19(25)23-8-10-27-11-9-23/h2-7,12H,8-11H2,1H3,(H,21,22,24). The Kier molecular flexibility index (Phi) is 5.23. The number of ether oxygens (including phenoxy) is 2. The number of nitrogens with zero attached hydrogens (tertiary/aromatic N) is 2. The number of carbonyl (C=O) groups excluding carboxylic acids is 2. The molecular weight excluding hydrogens is 378 g/mol. The van der Waals surface area contributed by atoms with Gasteiger partial charge in [-0.15, -0.1) is 0 Å². The Morgan fingerprint density at radius 2 is 1.82 bits per heavy atom. The average molecular weight is 397 g/mol. The molecule has 1 saturated heterocycles. The molecule has 1 fully saturated rings. The van der Waals surface area contributed by atoms with Crippen LogP contribution < -0.4 is 10.1 Å². The van der Waals surface area contributed by atoms with Crippen molar-refractivity contribution in [3.8, 4) is 5.75 Å². The van der Waals surface area contributed by atoms with Crippen molar-refractivity contribution in [3.05, 3.63) is 53.6 Å². The molecule has 0 bridgehead atoms. The molecule has 0 atom stereocenters. The molecule has 2 heterocycles. The fourth-order valence-electron chi connectivity index (χ4n) is 2.97. The number of rotatable bonds is 4. The Morgan fingerprint density at radius 1 is 1.11 bits per heavy atom. The molecule has 8 heteroatoms. The van der Waals surface area contributed by atoms with Gasteiger partial charge in [0.2, 0.25) is 0 Å². The summed E-state index contributed by atoms with van der Waals surface area (Å²) in [5, 5.41) is 3.33. The van der Waals surface area contributed by atoms with E-state index in [2.05, 4.69) is 10.3 Å². The number of nitrogens with one attached hydrogen (secondary N) is 1. The zero-order valence-electron chi connectivity index (χ0n) is 15.3. The monoisotopic (exact) mass is 397 g/mol. The van der Waals surface area contributed by atoms with E-state index in [1.807, 2.05) is 18.2 Å². The van der Waals surface area contributed by atoms with Crippen molar-refractivity contribution in [2.45, 2.75) is 0 Å². The van der Waals surface area contributed by atoms with Crippen LogP contribution in [0.3, 0.4) is 0 Å². The number of hydrogen-bond acceptors (Lipinski definition) is 6. The van der Waals surface area contributed by atoms with Gasteiger partial charge in [0.05, 0.1) is 30.5 Å². The molecule has 0 unspecified atom stereocenters. The lowest BCUT2D eigenvalue weighted by Gasteiger charge is -2.26. The molecule has 3 aromatic rings. The normalized spacial score (nSPS) is 14.1. The van der Waals surface area contributed by atoms with Crippen LogP contribution in [0.25, 0.3) is 10.2 Å². The second-order valence-electron chi connectivity index (χ2n) is 6.29. The molecular formula is C20H19N3O4S. The average Bonchev–Trinajstić information content (AvgIpc) is 3.15. The van der Waals surface area contributed by atoms with Crippen molar-refractivity contribution >= 4 is 38.5 Å².